The Balaban J connectivity index is 2.32. The highest BCUT2D eigenvalue weighted by molar-refractivity contribution is 5.93. The third-order valence-electron chi connectivity index (χ3n) is 2.40. The van der Waals surface area contributed by atoms with Crippen molar-refractivity contribution in [2.75, 3.05) is 4.90 Å². The maximum absolute atomic E-state index is 11.6. The van der Waals surface area contributed by atoms with Crippen molar-refractivity contribution in [2.45, 2.75) is 13.0 Å². The first kappa shape index (κ1) is 9.71. The van der Waals surface area contributed by atoms with Crippen LogP contribution in [0.15, 0.2) is 54.6 Å². The molecule has 0 atom stereocenters. The first-order valence-electron chi connectivity index (χ1n) is 4.99. The molecule has 0 aromatic heterocycles. The molecule has 0 aliphatic heterocycles. The number of nitrogens with zero attached hydrogens (tertiary/aromatic N) is 1. The molecule has 0 spiro atoms. The van der Waals surface area contributed by atoms with Crippen LogP contribution in [-0.2, 0) is 4.79 Å². The summed E-state index contributed by atoms with van der Waals surface area (Å²) in [5.41, 5.74) is 0.936. The van der Waals surface area contributed by atoms with Crippen molar-refractivity contribution in [2.24, 2.45) is 0 Å². The lowest BCUT2D eigenvalue weighted by molar-refractivity contribution is -0.116. The van der Waals surface area contributed by atoms with Crippen molar-refractivity contribution < 1.29 is 4.79 Å². The number of allylic oxidation sites excluding steroid dienone is 2. The van der Waals surface area contributed by atoms with Gasteiger partial charge in [-0.1, -0.05) is 42.5 Å². The molecule has 1 aliphatic carbocycles. The highest BCUT2D eigenvalue weighted by Gasteiger charge is 2.19. The van der Waals surface area contributed by atoms with Crippen LogP contribution in [0.2, 0.25) is 0 Å². The second-order valence-corrected chi connectivity index (χ2v) is 3.48. The molecule has 1 amide bonds. The Morgan fingerprint density at radius 2 is 1.73 bits per heavy atom. The molecule has 0 saturated heterocycles. The van der Waals surface area contributed by atoms with Crippen LogP contribution >= 0.6 is 0 Å². The van der Waals surface area contributed by atoms with Gasteiger partial charge in [-0.05, 0) is 12.1 Å². The van der Waals surface area contributed by atoms with Gasteiger partial charge in [0.2, 0.25) is 5.91 Å². The number of rotatable bonds is 2. The monoisotopic (exact) mass is 199 g/mol. The molecule has 0 fully saturated rings. The van der Waals surface area contributed by atoms with E-state index < -0.39 is 0 Å². The molecule has 0 saturated carbocycles. The zero-order chi connectivity index (χ0) is 10.7. The zero-order valence-corrected chi connectivity index (χ0v) is 8.63. The quantitative estimate of drug-likeness (QED) is 0.716. The average molecular weight is 199 g/mol. The van der Waals surface area contributed by atoms with E-state index in [-0.39, 0.29) is 11.9 Å². The number of para-hydroxylation sites is 1. The molecule has 15 heavy (non-hydrogen) atoms. The van der Waals surface area contributed by atoms with Crippen LogP contribution < -0.4 is 4.90 Å². The Hall–Kier alpha value is -1.83. The molecular formula is C13H13NO. The first-order chi connectivity index (χ1) is 7.29. The molecule has 2 rings (SSSR count). The molecule has 2 heteroatoms. The van der Waals surface area contributed by atoms with Crippen molar-refractivity contribution >= 4 is 11.6 Å². The number of hydrogen-bond acceptors (Lipinski definition) is 1. The summed E-state index contributed by atoms with van der Waals surface area (Å²) in [4.78, 5) is 13.4. The van der Waals surface area contributed by atoms with Crippen molar-refractivity contribution in [3.05, 3.63) is 54.6 Å². The summed E-state index contributed by atoms with van der Waals surface area (Å²) in [6.07, 6.45) is 7.94. The Labute approximate surface area is 89.5 Å². The average Bonchev–Trinajstić information content (AvgIpc) is 2.72. The van der Waals surface area contributed by atoms with E-state index in [1.165, 1.54) is 0 Å². The smallest absolute Gasteiger partial charge is 0.224 e. The van der Waals surface area contributed by atoms with Crippen LogP contribution in [0.5, 0.6) is 0 Å². The highest BCUT2D eigenvalue weighted by Crippen LogP contribution is 2.20. The Morgan fingerprint density at radius 1 is 1.13 bits per heavy atom. The minimum absolute atomic E-state index is 0.0578. The van der Waals surface area contributed by atoms with Gasteiger partial charge in [-0.3, -0.25) is 4.79 Å². The molecule has 0 bridgehead atoms. The standard InChI is InChI=1S/C13H13NO/c1-11(15)14(13-9-5-6-10-13)12-7-3-2-4-8-12/h2-10,13H,1H3. The van der Waals surface area contributed by atoms with Crippen LogP contribution in [0.4, 0.5) is 5.69 Å². The second kappa shape index (κ2) is 4.13. The number of amides is 1. The van der Waals surface area contributed by atoms with E-state index in [2.05, 4.69) is 0 Å². The number of hydrogen-bond donors (Lipinski definition) is 0. The van der Waals surface area contributed by atoms with Crippen LogP contribution in [0, 0.1) is 0 Å². The molecule has 0 radical (unpaired) electrons. The van der Waals surface area contributed by atoms with Gasteiger partial charge in [-0.15, -0.1) is 0 Å². The first-order valence-corrected chi connectivity index (χ1v) is 4.99. The van der Waals surface area contributed by atoms with Crippen LogP contribution in [0.3, 0.4) is 0 Å². The summed E-state index contributed by atoms with van der Waals surface area (Å²) in [7, 11) is 0. The number of benzene rings is 1. The minimum Gasteiger partial charge on any atom is -0.302 e. The fourth-order valence-electron chi connectivity index (χ4n) is 1.74. The van der Waals surface area contributed by atoms with E-state index in [1.807, 2.05) is 54.6 Å². The molecule has 0 unspecified atom stereocenters. The lowest BCUT2D eigenvalue weighted by Gasteiger charge is -2.25. The second-order valence-electron chi connectivity index (χ2n) is 3.48. The molecule has 0 N–H and O–H groups in total. The summed E-state index contributed by atoms with van der Waals surface area (Å²) >= 11 is 0. The maximum Gasteiger partial charge on any atom is 0.224 e. The molecular weight excluding hydrogens is 186 g/mol. The zero-order valence-electron chi connectivity index (χ0n) is 8.63. The van der Waals surface area contributed by atoms with Gasteiger partial charge in [0.15, 0.2) is 0 Å². The summed E-state index contributed by atoms with van der Waals surface area (Å²) < 4.78 is 0. The van der Waals surface area contributed by atoms with Crippen LogP contribution in [0.25, 0.3) is 0 Å². The van der Waals surface area contributed by atoms with E-state index in [0.717, 1.165) is 5.69 Å². The van der Waals surface area contributed by atoms with Gasteiger partial charge in [0, 0.05) is 12.6 Å². The van der Waals surface area contributed by atoms with E-state index in [4.69, 9.17) is 0 Å². The van der Waals surface area contributed by atoms with E-state index in [0.29, 0.717) is 0 Å². The molecule has 76 valence electrons. The molecule has 2 nitrogen and oxygen atoms in total. The largest absolute Gasteiger partial charge is 0.302 e. The van der Waals surface area contributed by atoms with Crippen LogP contribution in [-0.4, -0.2) is 11.9 Å². The van der Waals surface area contributed by atoms with E-state index in [9.17, 15) is 4.79 Å². The van der Waals surface area contributed by atoms with Gasteiger partial charge in [0.25, 0.3) is 0 Å². The van der Waals surface area contributed by atoms with Crippen molar-refractivity contribution in [3.8, 4) is 0 Å². The van der Waals surface area contributed by atoms with Gasteiger partial charge in [-0.2, -0.15) is 0 Å². The Bertz CT molecular complexity index is 394. The van der Waals surface area contributed by atoms with Crippen molar-refractivity contribution in [1.82, 2.24) is 0 Å². The lowest BCUT2D eigenvalue weighted by atomic mass is 10.2. The van der Waals surface area contributed by atoms with Gasteiger partial charge in [-0.25, -0.2) is 0 Å². The summed E-state index contributed by atoms with van der Waals surface area (Å²) in [6, 6.07) is 9.77. The topological polar surface area (TPSA) is 20.3 Å². The predicted octanol–water partition coefficient (Wildman–Crippen LogP) is 2.53. The van der Waals surface area contributed by atoms with Crippen LogP contribution in [0.1, 0.15) is 6.92 Å². The summed E-state index contributed by atoms with van der Waals surface area (Å²) in [5.74, 6) is 0.0578. The molecule has 1 aliphatic rings. The van der Waals surface area contributed by atoms with E-state index >= 15 is 0 Å². The normalized spacial score (nSPS) is 14.5. The van der Waals surface area contributed by atoms with Gasteiger partial charge in [0.1, 0.15) is 0 Å². The summed E-state index contributed by atoms with van der Waals surface area (Å²) in [6.45, 7) is 1.59. The predicted molar refractivity (Wildman–Crippen MR) is 61.7 cm³/mol. The maximum atomic E-state index is 11.6. The minimum atomic E-state index is 0.0578. The highest BCUT2D eigenvalue weighted by atomic mass is 16.2. The number of carbonyl (C=O) groups excluding carboxylic acids is 1. The third kappa shape index (κ3) is 1.99. The third-order valence-corrected chi connectivity index (χ3v) is 2.40. The number of anilines is 1. The van der Waals surface area contributed by atoms with Crippen molar-refractivity contribution in [3.63, 3.8) is 0 Å². The number of carbonyl (C=O) groups is 1. The summed E-state index contributed by atoms with van der Waals surface area (Å²) in [5, 5.41) is 0. The van der Waals surface area contributed by atoms with Gasteiger partial charge < -0.3 is 4.90 Å². The Kier molecular flexibility index (Phi) is 2.68. The van der Waals surface area contributed by atoms with Crippen molar-refractivity contribution in [1.29, 1.82) is 0 Å². The fourth-order valence-corrected chi connectivity index (χ4v) is 1.74. The van der Waals surface area contributed by atoms with E-state index in [1.54, 1.807) is 11.8 Å². The van der Waals surface area contributed by atoms with Gasteiger partial charge >= 0.3 is 0 Å². The molecule has 1 aromatic carbocycles. The molecule has 0 heterocycles. The fraction of sp³-hybridized carbons (Fsp3) is 0.154. The SMILES string of the molecule is CC(=O)N(c1ccccc1)C1C=CC=C1. The lowest BCUT2D eigenvalue weighted by Crippen LogP contribution is -2.35. The molecule has 1 aromatic rings. The van der Waals surface area contributed by atoms with Gasteiger partial charge in [0.05, 0.1) is 6.04 Å². The Morgan fingerprint density at radius 3 is 2.27 bits per heavy atom.